The Hall–Kier alpha value is -0.0300. The highest BCUT2D eigenvalue weighted by Crippen LogP contribution is 2.29. The van der Waals surface area contributed by atoms with Gasteiger partial charge >= 0.3 is 0 Å². The summed E-state index contributed by atoms with van der Waals surface area (Å²) in [6.45, 7) is 1.13. The zero-order valence-corrected chi connectivity index (χ0v) is 13.5. The van der Waals surface area contributed by atoms with Crippen LogP contribution < -0.4 is 24.0 Å². The van der Waals surface area contributed by atoms with Crippen LogP contribution in [-0.4, -0.2) is 30.2 Å². The highest BCUT2D eigenvalue weighted by molar-refractivity contribution is 5.08. The first-order valence-corrected chi connectivity index (χ1v) is 6.52. The van der Waals surface area contributed by atoms with Gasteiger partial charge < -0.3 is 33.0 Å². The lowest BCUT2D eigenvalue weighted by atomic mass is 9.95. The number of quaternary nitrogens is 1. The van der Waals surface area contributed by atoms with Crippen LogP contribution in [0.25, 0.3) is 0 Å². The van der Waals surface area contributed by atoms with E-state index in [0.717, 1.165) is 17.1 Å². The summed E-state index contributed by atoms with van der Waals surface area (Å²) in [7, 11) is 6.79. The molecular formula is C14H25IN2. The zero-order chi connectivity index (χ0) is 11.6. The first-order chi connectivity index (χ1) is 7.56. The zero-order valence-electron chi connectivity index (χ0n) is 11.3. The molecule has 0 aromatic carbocycles. The van der Waals surface area contributed by atoms with Crippen LogP contribution >= 0.6 is 0 Å². The number of halogens is 1. The number of nitrogens with zero attached hydrogens (tertiary/aromatic N) is 2. The van der Waals surface area contributed by atoms with Crippen molar-refractivity contribution < 1.29 is 28.5 Å². The Morgan fingerprint density at radius 3 is 2.41 bits per heavy atom. The maximum Gasteiger partial charge on any atom is 0.119 e. The normalized spacial score (nSPS) is 17.8. The van der Waals surface area contributed by atoms with Crippen LogP contribution in [0.2, 0.25) is 0 Å². The smallest absolute Gasteiger partial charge is 0.119 e. The summed E-state index contributed by atoms with van der Waals surface area (Å²) in [5.74, 6) is 0. The summed E-state index contributed by atoms with van der Waals surface area (Å²) in [5, 5.41) is 0. The summed E-state index contributed by atoms with van der Waals surface area (Å²) in [6, 6.07) is 5.27. The highest BCUT2D eigenvalue weighted by atomic mass is 127. The molecule has 1 aromatic rings. The van der Waals surface area contributed by atoms with Crippen molar-refractivity contribution in [3.05, 3.63) is 24.0 Å². The second kappa shape index (κ2) is 6.23. The van der Waals surface area contributed by atoms with E-state index in [0.29, 0.717) is 0 Å². The van der Waals surface area contributed by atoms with Crippen LogP contribution in [0.15, 0.2) is 18.3 Å². The molecule has 0 bridgehead atoms. The van der Waals surface area contributed by atoms with Gasteiger partial charge in [-0.25, -0.2) is 0 Å². The average Bonchev–Trinajstić information content (AvgIpc) is 2.64. The Bertz CT molecular complexity index is 332. The molecule has 0 radical (unpaired) electrons. The fraction of sp³-hybridized carbons (Fsp3) is 0.714. The molecule has 1 heterocycles. The minimum atomic E-state index is 0. The molecule has 0 aliphatic heterocycles. The number of aromatic nitrogens is 1. The van der Waals surface area contributed by atoms with Gasteiger partial charge in [0.15, 0.2) is 0 Å². The molecule has 1 aliphatic rings. The Morgan fingerprint density at radius 1 is 1.18 bits per heavy atom. The van der Waals surface area contributed by atoms with Gasteiger partial charge in [0.1, 0.15) is 6.54 Å². The molecule has 2 nitrogen and oxygen atoms in total. The molecule has 1 fully saturated rings. The van der Waals surface area contributed by atoms with E-state index in [1.165, 1.54) is 37.8 Å². The summed E-state index contributed by atoms with van der Waals surface area (Å²) >= 11 is 0. The summed E-state index contributed by atoms with van der Waals surface area (Å²) < 4.78 is 3.54. The van der Waals surface area contributed by atoms with Crippen LogP contribution in [0.4, 0.5) is 0 Å². The van der Waals surface area contributed by atoms with Gasteiger partial charge in [-0.15, -0.1) is 0 Å². The quantitative estimate of drug-likeness (QED) is 0.544. The minimum absolute atomic E-state index is 0. The summed E-state index contributed by atoms with van der Waals surface area (Å²) in [4.78, 5) is 0. The van der Waals surface area contributed by atoms with Gasteiger partial charge in [0.2, 0.25) is 0 Å². The van der Waals surface area contributed by atoms with E-state index in [4.69, 9.17) is 0 Å². The van der Waals surface area contributed by atoms with Gasteiger partial charge in [-0.1, -0.05) is 19.3 Å². The van der Waals surface area contributed by atoms with Crippen molar-refractivity contribution in [3.8, 4) is 0 Å². The van der Waals surface area contributed by atoms with Gasteiger partial charge in [-0.05, 0) is 25.0 Å². The van der Waals surface area contributed by atoms with E-state index >= 15 is 0 Å². The molecule has 3 heteroatoms. The molecule has 0 spiro atoms. The van der Waals surface area contributed by atoms with E-state index in [9.17, 15) is 0 Å². The standard InChI is InChI=1S/C14H25N2.HI/c1-16(2,3)12-14-10-7-11-15(14)13-8-5-4-6-9-13;/h7,10-11,13H,4-6,8-9,12H2,1-3H3;1H/q+1;/p-1. The first-order valence-electron chi connectivity index (χ1n) is 6.52. The van der Waals surface area contributed by atoms with E-state index < -0.39 is 0 Å². The Morgan fingerprint density at radius 2 is 1.82 bits per heavy atom. The van der Waals surface area contributed by atoms with Crippen LogP contribution in [0.5, 0.6) is 0 Å². The maximum absolute atomic E-state index is 2.53. The topological polar surface area (TPSA) is 4.93 Å². The number of hydrogen-bond acceptors (Lipinski definition) is 0. The molecule has 0 unspecified atom stereocenters. The van der Waals surface area contributed by atoms with E-state index in [2.05, 4.69) is 44.0 Å². The van der Waals surface area contributed by atoms with E-state index in [1.54, 1.807) is 0 Å². The largest absolute Gasteiger partial charge is 1.00 e. The SMILES string of the molecule is C[N+](C)(C)Cc1cccn1C1CCCCC1.[I-]. The fourth-order valence-electron chi connectivity index (χ4n) is 2.76. The molecule has 1 aliphatic carbocycles. The molecule has 0 N–H and O–H groups in total. The predicted molar refractivity (Wildman–Crippen MR) is 68.3 cm³/mol. The molecule has 1 saturated carbocycles. The molecule has 98 valence electrons. The minimum Gasteiger partial charge on any atom is -1.00 e. The van der Waals surface area contributed by atoms with Crippen molar-refractivity contribution in [2.75, 3.05) is 21.1 Å². The highest BCUT2D eigenvalue weighted by Gasteiger charge is 2.19. The van der Waals surface area contributed by atoms with Crippen molar-refractivity contribution in [3.63, 3.8) is 0 Å². The number of hydrogen-bond donors (Lipinski definition) is 0. The van der Waals surface area contributed by atoms with Crippen molar-refractivity contribution in [2.24, 2.45) is 0 Å². The molecule has 2 rings (SSSR count). The van der Waals surface area contributed by atoms with Gasteiger partial charge in [-0.2, -0.15) is 0 Å². The third kappa shape index (κ3) is 4.28. The molecule has 0 atom stereocenters. The van der Waals surface area contributed by atoms with Crippen LogP contribution in [0.3, 0.4) is 0 Å². The average molecular weight is 348 g/mol. The lowest BCUT2D eigenvalue weighted by Gasteiger charge is -2.29. The fourth-order valence-corrected chi connectivity index (χ4v) is 2.76. The Balaban J connectivity index is 0.00000144. The Labute approximate surface area is 123 Å². The predicted octanol–water partition coefficient (Wildman–Crippen LogP) is 0.204. The molecule has 0 amide bonds. The monoisotopic (exact) mass is 348 g/mol. The van der Waals surface area contributed by atoms with Crippen molar-refractivity contribution in [1.82, 2.24) is 4.57 Å². The van der Waals surface area contributed by atoms with Gasteiger partial charge in [-0.3, -0.25) is 0 Å². The lowest BCUT2D eigenvalue weighted by molar-refractivity contribution is -0.884. The maximum atomic E-state index is 2.53. The van der Waals surface area contributed by atoms with Crippen molar-refractivity contribution in [1.29, 1.82) is 0 Å². The lowest BCUT2D eigenvalue weighted by Crippen LogP contribution is -3.00. The van der Waals surface area contributed by atoms with Crippen LogP contribution in [-0.2, 0) is 6.54 Å². The third-order valence-corrected chi connectivity index (χ3v) is 3.47. The summed E-state index contributed by atoms with van der Waals surface area (Å²) in [5.41, 5.74) is 1.50. The van der Waals surface area contributed by atoms with Crippen molar-refractivity contribution >= 4 is 0 Å². The van der Waals surface area contributed by atoms with Crippen LogP contribution in [0, 0.1) is 0 Å². The van der Waals surface area contributed by atoms with Gasteiger partial charge in [0.05, 0.1) is 26.8 Å². The molecular weight excluding hydrogens is 323 g/mol. The molecule has 17 heavy (non-hydrogen) atoms. The van der Waals surface area contributed by atoms with E-state index in [-0.39, 0.29) is 24.0 Å². The molecule has 0 saturated heterocycles. The van der Waals surface area contributed by atoms with Gasteiger partial charge in [0.25, 0.3) is 0 Å². The second-order valence-corrected chi connectivity index (χ2v) is 6.15. The first kappa shape index (κ1) is 15.0. The van der Waals surface area contributed by atoms with Gasteiger partial charge in [0, 0.05) is 12.2 Å². The third-order valence-electron chi connectivity index (χ3n) is 3.47. The Kier molecular flexibility index (Phi) is 5.51. The number of rotatable bonds is 3. The summed E-state index contributed by atoms with van der Waals surface area (Å²) in [6.07, 6.45) is 9.28. The van der Waals surface area contributed by atoms with Crippen LogP contribution in [0.1, 0.15) is 43.8 Å². The van der Waals surface area contributed by atoms with E-state index in [1.807, 2.05) is 0 Å². The van der Waals surface area contributed by atoms with Crippen molar-refractivity contribution in [2.45, 2.75) is 44.7 Å². The molecule has 1 aromatic heterocycles. The second-order valence-electron chi connectivity index (χ2n) is 6.15.